The molecule has 3 amide bonds. The molecule has 0 atom stereocenters. The first kappa shape index (κ1) is 21.9. The van der Waals surface area contributed by atoms with Crippen molar-refractivity contribution in [1.82, 2.24) is 10.2 Å². The molecule has 1 aromatic carbocycles. The number of rotatable bonds is 6. The van der Waals surface area contributed by atoms with Crippen molar-refractivity contribution in [3.05, 3.63) is 49.9 Å². The zero-order chi connectivity index (χ0) is 22.0. The molecule has 0 spiro atoms. The summed E-state index contributed by atoms with van der Waals surface area (Å²) in [5.74, 6) is -0.895. The van der Waals surface area contributed by atoms with Crippen LogP contribution in [-0.2, 0) is 16.1 Å². The minimum absolute atomic E-state index is 0.0282. The van der Waals surface area contributed by atoms with Gasteiger partial charge in [0.05, 0.1) is 24.7 Å². The van der Waals surface area contributed by atoms with Gasteiger partial charge in [-0.15, -0.1) is 0 Å². The fourth-order valence-electron chi connectivity index (χ4n) is 2.68. The number of benzene rings is 1. The number of amides is 3. The molecule has 1 saturated heterocycles. The molecule has 0 unspecified atom stereocenters. The number of carbonyl (C=O) groups excluding carboxylic acids is 3. The normalized spacial score (nSPS) is 14.9. The molecule has 30 heavy (non-hydrogen) atoms. The van der Waals surface area contributed by atoms with Crippen molar-refractivity contribution in [2.75, 3.05) is 13.7 Å². The number of hydrogen-bond donors (Lipinski definition) is 2. The standard InChI is InChI=1S/C19H16Br2N2O7/c1-3-29-13-7-9(14(20)15(21)16(13)24)6-11-17(25)23(19(27)22-11)8-10-4-5-12(30-10)18(26)28-2/h4-7,24H,3,8H2,1-2H3,(H,22,27)/b11-6-. The van der Waals surface area contributed by atoms with E-state index in [1.165, 1.54) is 31.4 Å². The second kappa shape index (κ2) is 8.92. The van der Waals surface area contributed by atoms with Gasteiger partial charge in [-0.05, 0) is 68.6 Å². The number of nitrogens with zero attached hydrogens (tertiary/aromatic N) is 1. The Bertz CT molecular complexity index is 1060. The molecule has 0 saturated carbocycles. The van der Waals surface area contributed by atoms with Gasteiger partial charge in [-0.2, -0.15) is 0 Å². The lowest BCUT2D eigenvalue weighted by Gasteiger charge is -2.11. The number of halogens is 2. The minimum atomic E-state index is -0.660. The molecule has 0 aliphatic carbocycles. The Hall–Kier alpha value is -2.79. The van der Waals surface area contributed by atoms with E-state index in [2.05, 4.69) is 41.9 Å². The fourth-order valence-corrected chi connectivity index (χ4v) is 3.52. The van der Waals surface area contributed by atoms with Crippen molar-refractivity contribution in [1.29, 1.82) is 0 Å². The first-order chi connectivity index (χ1) is 14.3. The zero-order valence-electron chi connectivity index (χ0n) is 15.8. The number of ether oxygens (including phenoxy) is 2. The van der Waals surface area contributed by atoms with E-state index < -0.39 is 17.9 Å². The fraction of sp³-hybridized carbons (Fsp3) is 0.211. The van der Waals surface area contributed by atoms with Crippen LogP contribution in [0.4, 0.5) is 4.79 Å². The lowest BCUT2D eigenvalue weighted by Crippen LogP contribution is -2.30. The monoisotopic (exact) mass is 542 g/mol. The quantitative estimate of drug-likeness (QED) is 0.323. The molecule has 3 rings (SSSR count). The van der Waals surface area contributed by atoms with Gasteiger partial charge in [-0.3, -0.25) is 9.69 Å². The molecule has 1 aliphatic rings. The number of aromatic hydroxyl groups is 1. The van der Waals surface area contributed by atoms with Crippen molar-refractivity contribution in [3.8, 4) is 11.5 Å². The maximum Gasteiger partial charge on any atom is 0.373 e. The van der Waals surface area contributed by atoms with E-state index in [1.54, 1.807) is 6.92 Å². The molecule has 11 heteroatoms. The molecule has 2 heterocycles. The summed E-state index contributed by atoms with van der Waals surface area (Å²) in [7, 11) is 1.22. The number of methoxy groups -OCH3 is 1. The summed E-state index contributed by atoms with van der Waals surface area (Å²) in [6, 6.07) is 3.78. The summed E-state index contributed by atoms with van der Waals surface area (Å²) in [5, 5.41) is 12.6. The molecule has 1 fully saturated rings. The van der Waals surface area contributed by atoms with Gasteiger partial charge >= 0.3 is 12.0 Å². The van der Waals surface area contributed by atoms with Gasteiger partial charge in [-0.1, -0.05) is 0 Å². The second-order valence-corrected chi connectivity index (χ2v) is 7.60. The molecule has 2 aromatic rings. The second-order valence-electron chi connectivity index (χ2n) is 6.01. The smallest absolute Gasteiger partial charge is 0.373 e. The Kier molecular flexibility index (Phi) is 6.52. The maximum absolute atomic E-state index is 12.7. The number of hydrogen-bond acceptors (Lipinski definition) is 7. The number of phenolic OH excluding ortho intramolecular Hbond substituents is 1. The lowest BCUT2D eigenvalue weighted by atomic mass is 10.1. The number of furan rings is 1. The van der Waals surface area contributed by atoms with Gasteiger partial charge in [0.2, 0.25) is 5.76 Å². The van der Waals surface area contributed by atoms with Crippen molar-refractivity contribution >= 4 is 55.8 Å². The van der Waals surface area contributed by atoms with E-state index in [0.717, 1.165) is 4.90 Å². The molecule has 1 aliphatic heterocycles. The Morgan fingerprint density at radius 2 is 2.03 bits per heavy atom. The summed E-state index contributed by atoms with van der Waals surface area (Å²) in [6.45, 7) is 1.94. The molecular formula is C19H16Br2N2O7. The van der Waals surface area contributed by atoms with Gasteiger partial charge in [0.15, 0.2) is 11.5 Å². The zero-order valence-corrected chi connectivity index (χ0v) is 19.0. The van der Waals surface area contributed by atoms with Crippen LogP contribution in [0.1, 0.15) is 28.8 Å². The van der Waals surface area contributed by atoms with Crippen LogP contribution in [0.5, 0.6) is 11.5 Å². The molecule has 1 aromatic heterocycles. The van der Waals surface area contributed by atoms with E-state index in [1.807, 2.05) is 0 Å². The Balaban J connectivity index is 1.86. The summed E-state index contributed by atoms with van der Waals surface area (Å²) in [4.78, 5) is 37.5. The molecule has 9 nitrogen and oxygen atoms in total. The molecule has 0 bridgehead atoms. The third kappa shape index (κ3) is 4.21. The Morgan fingerprint density at radius 1 is 1.30 bits per heavy atom. The van der Waals surface area contributed by atoms with Crippen molar-refractivity contribution in [2.45, 2.75) is 13.5 Å². The first-order valence-electron chi connectivity index (χ1n) is 8.62. The van der Waals surface area contributed by atoms with Crippen molar-refractivity contribution in [2.24, 2.45) is 0 Å². The van der Waals surface area contributed by atoms with Gasteiger partial charge in [0.1, 0.15) is 11.5 Å². The van der Waals surface area contributed by atoms with E-state index in [9.17, 15) is 19.5 Å². The van der Waals surface area contributed by atoms with Crippen LogP contribution < -0.4 is 10.1 Å². The largest absolute Gasteiger partial charge is 0.503 e. The van der Waals surface area contributed by atoms with E-state index >= 15 is 0 Å². The van der Waals surface area contributed by atoms with Crippen LogP contribution in [0, 0.1) is 0 Å². The topological polar surface area (TPSA) is 118 Å². The molecule has 2 N–H and O–H groups in total. The van der Waals surface area contributed by atoms with Crippen LogP contribution in [0.25, 0.3) is 6.08 Å². The van der Waals surface area contributed by atoms with E-state index in [4.69, 9.17) is 9.15 Å². The van der Waals surface area contributed by atoms with Crippen LogP contribution in [0.2, 0.25) is 0 Å². The number of carbonyl (C=O) groups is 3. The van der Waals surface area contributed by atoms with E-state index in [0.29, 0.717) is 21.1 Å². The third-order valence-corrected chi connectivity index (χ3v) is 6.26. The van der Waals surface area contributed by atoms with Crippen molar-refractivity contribution in [3.63, 3.8) is 0 Å². The number of urea groups is 1. The summed E-state index contributed by atoms with van der Waals surface area (Å²) in [5.41, 5.74) is 0.528. The summed E-state index contributed by atoms with van der Waals surface area (Å²) in [6.07, 6.45) is 1.46. The Labute approximate surface area is 187 Å². The summed E-state index contributed by atoms with van der Waals surface area (Å²) < 4.78 is 16.1. The number of nitrogens with one attached hydrogen (secondary N) is 1. The average Bonchev–Trinajstić information content (AvgIpc) is 3.30. The number of phenols is 1. The van der Waals surface area contributed by atoms with Gasteiger partial charge in [0, 0.05) is 4.47 Å². The average molecular weight is 544 g/mol. The predicted octanol–water partition coefficient (Wildman–Crippen LogP) is 3.79. The number of imide groups is 1. The third-order valence-electron chi connectivity index (χ3n) is 4.10. The molecule has 0 radical (unpaired) electrons. The number of esters is 1. The lowest BCUT2D eigenvalue weighted by molar-refractivity contribution is -0.123. The predicted molar refractivity (Wildman–Crippen MR) is 112 cm³/mol. The van der Waals surface area contributed by atoms with Gasteiger partial charge < -0.3 is 24.3 Å². The van der Waals surface area contributed by atoms with Crippen LogP contribution in [-0.4, -0.2) is 41.6 Å². The highest BCUT2D eigenvalue weighted by molar-refractivity contribution is 9.13. The van der Waals surface area contributed by atoms with Crippen LogP contribution in [0.15, 0.2) is 37.3 Å². The highest BCUT2D eigenvalue weighted by Gasteiger charge is 2.34. The van der Waals surface area contributed by atoms with Gasteiger partial charge in [0.25, 0.3) is 5.91 Å². The molecule has 158 valence electrons. The molecular weight excluding hydrogens is 528 g/mol. The van der Waals surface area contributed by atoms with Crippen molar-refractivity contribution < 1.29 is 33.4 Å². The van der Waals surface area contributed by atoms with Crippen LogP contribution >= 0.6 is 31.9 Å². The highest BCUT2D eigenvalue weighted by Crippen LogP contribution is 2.42. The SMILES string of the molecule is CCOc1cc(/C=C2\NC(=O)N(Cc3ccc(C(=O)OC)o3)C2=O)c(Br)c(Br)c1O. The Morgan fingerprint density at radius 3 is 2.70 bits per heavy atom. The van der Waals surface area contributed by atoms with Crippen LogP contribution in [0.3, 0.4) is 0 Å². The summed E-state index contributed by atoms with van der Waals surface area (Å²) >= 11 is 6.61. The highest BCUT2D eigenvalue weighted by atomic mass is 79.9. The maximum atomic E-state index is 12.7. The van der Waals surface area contributed by atoms with Gasteiger partial charge in [-0.25, -0.2) is 9.59 Å². The van der Waals surface area contributed by atoms with E-state index in [-0.39, 0.29) is 35.3 Å². The minimum Gasteiger partial charge on any atom is -0.503 e. The first-order valence-corrected chi connectivity index (χ1v) is 10.2.